The number of carbonyl (C=O) groups is 2. The summed E-state index contributed by atoms with van der Waals surface area (Å²) < 4.78 is 0. The zero-order valence-electron chi connectivity index (χ0n) is 16.7. The van der Waals surface area contributed by atoms with E-state index in [1.807, 2.05) is 71.0 Å². The Morgan fingerprint density at radius 3 is 2.15 bits per heavy atom. The third-order valence-electron chi connectivity index (χ3n) is 3.68. The second kappa shape index (κ2) is 9.09. The summed E-state index contributed by atoms with van der Waals surface area (Å²) in [5.41, 5.74) is 3.77. The molecule has 0 atom stereocenters. The van der Waals surface area contributed by atoms with Crippen LogP contribution in [-0.4, -0.2) is 17.6 Å². The van der Waals surface area contributed by atoms with Crippen molar-refractivity contribution in [1.29, 1.82) is 0 Å². The molecule has 0 aliphatic carbocycles. The van der Waals surface area contributed by atoms with Gasteiger partial charge in [0.25, 0.3) is 0 Å². The van der Waals surface area contributed by atoms with E-state index in [-0.39, 0.29) is 17.2 Å². The number of thioether (sulfide) groups is 1. The first-order chi connectivity index (χ1) is 12.6. The zero-order valence-corrected chi connectivity index (χ0v) is 17.5. The lowest BCUT2D eigenvalue weighted by molar-refractivity contribution is -0.118. The van der Waals surface area contributed by atoms with E-state index in [9.17, 15) is 9.59 Å². The molecule has 0 spiro atoms. The second-order valence-corrected chi connectivity index (χ2v) is 9.08. The molecule has 2 rings (SSSR count). The van der Waals surface area contributed by atoms with Crippen LogP contribution in [0.4, 0.5) is 11.4 Å². The lowest BCUT2D eigenvalue weighted by Gasteiger charge is -2.17. The Kier molecular flexibility index (Phi) is 7.08. The van der Waals surface area contributed by atoms with Gasteiger partial charge in [0, 0.05) is 22.7 Å². The van der Waals surface area contributed by atoms with Gasteiger partial charge in [0.05, 0.1) is 5.75 Å². The molecule has 0 bridgehead atoms. The van der Waals surface area contributed by atoms with E-state index in [2.05, 4.69) is 16.7 Å². The molecule has 0 aliphatic heterocycles. The van der Waals surface area contributed by atoms with E-state index in [1.54, 1.807) is 0 Å². The van der Waals surface area contributed by atoms with Crippen molar-refractivity contribution in [3.05, 3.63) is 53.6 Å². The lowest BCUT2D eigenvalue weighted by Crippen LogP contribution is -2.19. The maximum absolute atomic E-state index is 12.2. The van der Waals surface area contributed by atoms with Crippen LogP contribution in [-0.2, 0) is 9.59 Å². The number of benzene rings is 2. The Morgan fingerprint density at radius 1 is 0.889 bits per heavy atom. The van der Waals surface area contributed by atoms with Gasteiger partial charge in [-0.1, -0.05) is 32.9 Å². The predicted molar refractivity (Wildman–Crippen MR) is 114 cm³/mol. The molecular weight excluding hydrogens is 356 g/mol. The van der Waals surface area contributed by atoms with Gasteiger partial charge in [0.15, 0.2) is 0 Å². The predicted octanol–water partition coefficient (Wildman–Crippen LogP) is 5.41. The van der Waals surface area contributed by atoms with Crippen molar-refractivity contribution in [2.24, 2.45) is 5.41 Å². The average molecular weight is 385 g/mol. The SMILES string of the molecule is Cc1cc(C)cc(NC(=O)CSc2cccc(NC(=O)CC(C)(C)C)c2)c1. The number of carbonyl (C=O) groups excluding carboxylic acids is 2. The molecule has 2 amide bonds. The summed E-state index contributed by atoms with van der Waals surface area (Å²) in [4.78, 5) is 25.3. The van der Waals surface area contributed by atoms with Gasteiger partial charge in [-0.15, -0.1) is 11.8 Å². The number of nitrogens with one attached hydrogen (secondary N) is 2. The molecule has 0 saturated carbocycles. The van der Waals surface area contributed by atoms with Crippen LogP contribution >= 0.6 is 11.8 Å². The van der Waals surface area contributed by atoms with Crippen molar-refractivity contribution < 1.29 is 9.59 Å². The highest BCUT2D eigenvalue weighted by Gasteiger charge is 2.16. The highest BCUT2D eigenvalue weighted by Crippen LogP contribution is 2.24. The van der Waals surface area contributed by atoms with E-state index in [4.69, 9.17) is 0 Å². The first-order valence-corrected chi connectivity index (χ1v) is 10.0. The van der Waals surface area contributed by atoms with Crippen LogP contribution in [0.2, 0.25) is 0 Å². The second-order valence-electron chi connectivity index (χ2n) is 8.03. The van der Waals surface area contributed by atoms with Crippen molar-refractivity contribution in [1.82, 2.24) is 0 Å². The van der Waals surface area contributed by atoms with Gasteiger partial charge in [-0.3, -0.25) is 9.59 Å². The molecule has 2 aromatic rings. The largest absolute Gasteiger partial charge is 0.326 e. The van der Waals surface area contributed by atoms with E-state index >= 15 is 0 Å². The standard InChI is InChI=1S/C22H28N2O2S/c1-15-9-16(2)11-18(10-15)24-21(26)14-27-19-8-6-7-17(12-19)23-20(25)13-22(3,4)5/h6-12H,13-14H2,1-5H3,(H,23,25)(H,24,26). The summed E-state index contributed by atoms with van der Waals surface area (Å²) in [6.45, 7) is 10.1. The maximum atomic E-state index is 12.2. The summed E-state index contributed by atoms with van der Waals surface area (Å²) >= 11 is 1.45. The van der Waals surface area contributed by atoms with Gasteiger partial charge in [-0.25, -0.2) is 0 Å². The molecule has 0 saturated heterocycles. The van der Waals surface area contributed by atoms with Crippen LogP contribution in [0.3, 0.4) is 0 Å². The minimum atomic E-state index is -0.0529. The first kappa shape index (κ1) is 21.0. The fourth-order valence-corrected chi connectivity index (χ4v) is 3.50. The van der Waals surface area contributed by atoms with Crippen LogP contribution in [0.5, 0.6) is 0 Å². The minimum Gasteiger partial charge on any atom is -0.326 e. The zero-order chi connectivity index (χ0) is 20.0. The Labute approximate surface area is 166 Å². The van der Waals surface area contributed by atoms with E-state index < -0.39 is 0 Å². The number of hydrogen-bond acceptors (Lipinski definition) is 3. The Morgan fingerprint density at radius 2 is 1.52 bits per heavy atom. The minimum absolute atomic E-state index is 0.00258. The molecule has 5 heteroatoms. The first-order valence-electron chi connectivity index (χ1n) is 9.02. The lowest BCUT2D eigenvalue weighted by atomic mass is 9.92. The summed E-state index contributed by atoms with van der Waals surface area (Å²) in [5, 5.41) is 5.86. The van der Waals surface area contributed by atoms with Crippen LogP contribution < -0.4 is 10.6 Å². The maximum Gasteiger partial charge on any atom is 0.234 e. The van der Waals surface area contributed by atoms with Gasteiger partial charge in [0.1, 0.15) is 0 Å². The molecule has 27 heavy (non-hydrogen) atoms. The molecule has 0 aromatic heterocycles. The third-order valence-corrected chi connectivity index (χ3v) is 4.68. The van der Waals surface area contributed by atoms with Gasteiger partial charge < -0.3 is 10.6 Å². The Balaban J connectivity index is 1.90. The van der Waals surface area contributed by atoms with E-state index in [0.717, 1.165) is 27.4 Å². The van der Waals surface area contributed by atoms with Crippen molar-refractivity contribution >= 4 is 35.0 Å². The number of anilines is 2. The molecule has 4 nitrogen and oxygen atoms in total. The van der Waals surface area contributed by atoms with Crippen LogP contribution in [0.1, 0.15) is 38.3 Å². The molecular formula is C22H28N2O2S. The van der Waals surface area contributed by atoms with Crippen molar-refractivity contribution in [2.45, 2.75) is 45.9 Å². The summed E-state index contributed by atoms with van der Waals surface area (Å²) in [6, 6.07) is 13.6. The monoisotopic (exact) mass is 384 g/mol. The molecule has 2 N–H and O–H groups in total. The van der Waals surface area contributed by atoms with Crippen LogP contribution in [0.25, 0.3) is 0 Å². The fourth-order valence-electron chi connectivity index (χ4n) is 2.74. The van der Waals surface area contributed by atoms with Crippen molar-refractivity contribution in [3.8, 4) is 0 Å². The topological polar surface area (TPSA) is 58.2 Å². The molecule has 2 aromatic carbocycles. The third kappa shape index (κ3) is 7.87. The summed E-state index contributed by atoms with van der Waals surface area (Å²) in [7, 11) is 0. The van der Waals surface area contributed by atoms with Gasteiger partial charge >= 0.3 is 0 Å². The smallest absolute Gasteiger partial charge is 0.234 e. The van der Waals surface area contributed by atoms with Crippen molar-refractivity contribution in [2.75, 3.05) is 16.4 Å². The van der Waals surface area contributed by atoms with Gasteiger partial charge in [0.2, 0.25) is 11.8 Å². The number of rotatable bonds is 6. The van der Waals surface area contributed by atoms with E-state index in [1.165, 1.54) is 11.8 Å². The van der Waals surface area contributed by atoms with Crippen LogP contribution in [0.15, 0.2) is 47.4 Å². The molecule has 0 aliphatic rings. The van der Waals surface area contributed by atoms with Crippen molar-refractivity contribution in [3.63, 3.8) is 0 Å². The molecule has 0 unspecified atom stereocenters. The Bertz CT molecular complexity index is 805. The quantitative estimate of drug-likeness (QED) is 0.655. The number of aryl methyl sites for hydroxylation is 2. The highest BCUT2D eigenvalue weighted by atomic mass is 32.2. The number of hydrogen-bond donors (Lipinski definition) is 2. The van der Waals surface area contributed by atoms with E-state index in [0.29, 0.717) is 12.2 Å². The number of amides is 2. The summed E-state index contributed by atoms with van der Waals surface area (Å²) in [6.07, 6.45) is 0.461. The van der Waals surface area contributed by atoms with Gasteiger partial charge in [-0.2, -0.15) is 0 Å². The summed E-state index contributed by atoms with van der Waals surface area (Å²) in [5.74, 6) is 0.260. The van der Waals surface area contributed by atoms with Crippen LogP contribution in [0, 0.1) is 19.3 Å². The average Bonchev–Trinajstić information content (AvgIpc) is 2.50. The molecule has 144 valence electrons. The normalized spacial score (nSPS) is 11.1. The van der Waals surface area contributed by atoms with Gasteiger partial charge in [-0.05, 0) is 60.7 Å². The highest BCUT2D eigenvalue weighted by molar-refractivity contribution is 8.00. The fraction of sp³-hybridized carbons (Fsp3) is 0.364. The Hall–Kier alpha value is -2.27. The molecule has 0 heterocycles. The molecule has 0 radical (unpaired) electrons. The molecule has 0 fully saturated rings.